The topological polar surface area (TPSA) is 20.3 Å². The molecular weight excluding hydrogens is 161 g/mol. The summed E-state index contributed by atoms with van der Waals surface area (Å²) in [5.41, 5.74) is 0. The summed E-state index contributed by atoms with van der Waals surface area (Å²) in [5, 5.41) is 0. The zero-order chi connectivity index (χ0) is 10.7. The van der Waals surface area contributed by atoms with Gasteiger partial charge in [-0.3, -0.25) is 4.79 Å². The molecule has 0 aromatic rings. The van der Waals surface area contributed by atoms with Gasteiger partial charge in [-0.15, -0.1) is 0 Å². The third-order valence-corrected chi connectivity index (χ3v) is 1.57. The highest BCUT2D eigenvalue weighted by molar-refractivity contribution is 6.08. The predicted molar refractivity (Wildman–Crippen MR) is 59.1 cm³/mol. The molecule has 3 heteroatoms. The van der Waals surface area contributed by atoms with Crippen molar-refractivity contribution < 1.29 is 4.79 Å². The lowest BCUT2D eigenvalue weighted by Crippen LogP contribution is -2.30. The predicted octanol–water partition coefficient (Wildman–Crippen LogP) is 2.25. The fourth-order valence-corrected chi connectivity index (χ4v) is 0.979. The second-order valence-electron chi connectivity index (χ2n) is 2.65. The molecule has 1 amide bonds. The Labute approximate surface area is 84.1 Å². The first kappa shape index (κ1) is 15.0. The zero-order valence-electron chi connectivity index (χ0n) is 9.47. The lowest BCUT2D eigenvalue weighted by atomic mass is 10.0. The maximum absolute atomic E-state index is 10.9. The van der Waals surface area contributed by atoms with E-state index in [0.29, 0.717) is 6.32 Å². The quantitative estimate of drug-likeness (QED) is 0.598. The average Bonchev–Trinajstić information content (AvgIpc) is 2.15. The Morgan fingerprint density at radius 3 is 2.15 bits per heavy atom. The Morgan fingerprint density at radius 1 is 1.31 bits per heavy atom. The summed E-state index contributed by atoms with van der Waals surface area (Å²) in [6.45, 7) is 9.33. The second-order valence-corrected chi connectivity index (χ2v) is 2.65. The van der Waals surface area contributed by atoms with Gasteiger partial charge in [-0.1, -0.05) is 27.1 Å². The van der Waals surface area contributed by atoms with Crippen molar-refractivity contribution in [3.8, 4) is 0 Å². The van der Waals surface area contributed by atoms with E-state index in [2.05, 4.69) is 6.92 Å². The van der Waals surface area contributed by atoms with Gasteiger partial charge in [0, 0.05) is 20.0 Å². The normalized spacial score (nSPS) is 8.62. The summed E-state index contributed by atoms with van der Waals surface area (Å²) in [6.07, 6.45) is 2.58. The van der Waals surface area contributed by atoms with Crippen LogP contribution in [0.15, 0.2) is 0 Å². The molecule has 2 radical (unpaired) electrons. The molecule has 0 N–H and O–H groups in total. The summed E-state index contributed by atoms with van der Waals surface area (Å²) in [5.74, 6) is 0.153. The van der Waals surface area contributed by atoms with Crippen LogP contribution in [0.25, 0.3) is 0 Å². The van der Waals surface area contributed by atoms with E-state index in [-0.39, 0.29) is 5.91 Å². The van der Waals surface area contributed by atoms with Crippen LogP contribution in [0.4, 0.5) is 0 Å². The standard InChI is InChI=1S/C8H16BNO.C2H6/c1-3-6-10(8(2)11)7-4-5-9;1-2/h3-7H2,1-2H3;1-2H3. The van der Waals surface area contributed by atoms with Gasteiger partial charge >= 0.3 is 0 Å². The molecule has 0 aliphatic heterocycles. The summed E-state index contributed by atoms with van der Waals surface area (Å²) in [4.78, 5) is 12.8. The maximum atomic E-state index is 10.9. The van der Waals surface area contributed by atoms with E-state index in [0.717, 1.165) is 25.9 Å². The number of carbonyl (C=O) groups is 1. The molecule has 76 valence electrons. The number of hydrogen-bond acceptors (Lipinski definition) is 1. The van der Waals surface area contributed by atoms with E-state index in [1.54, 1.807) is 6.92 Å². The number of nitrogens with zero attached hydrogens (tertiary/aromatic N) is 1. The first-order chi connectivity index (χ1) is 6.22. The molecular formula is C10H22BNO. The van der Waals surface area contributed by atoms with Crippen molar-refractivity contribution in [2.75, 3.05) is 13.1 Å². The van der Waals surface area contributed by atoms with Gasteiger partial charge in [0.2, 0.25) is 5.91 Å². The van der Waals surface area contributed by atoms with E-state index in [1.165, 1.54) is 0 Å². The SMILES string of the molecule is CC.[B]CCCN(CCC)C(C)=O. The van der Waals surface area contributed by atoms with Gasteiger partial charge < -0.3 is 4.90 Å². The Hall–Kier alpha value is -0.465. The highest BCUT2D eigenvalue weighted by Gasteiger charge is 2.04. The second kappa shape index (κ2) is 11.5. The van der Waals surface area contributed by atoms with Crippen molar-refractivity contribution in [3.05, 3.63) is 0 Å². The minimum Gasteiger partial charge on any atom is -0.343 e. The van der Waals surface area contributed by atoms with E-state index < -0.39 is 0 Å². The van der Waals surface area contributed by atoms with Crippen LogP contribution >= 0.6 is 0 Å². The lowest BCUT2D eigenvalue weighted by molar-refractivity contribution is -0.128. The van der Waals surface area contributed by atoms with E-state index in [1.807, 2.05) is 18.7 Å². The van der Waals surface area contributed by atoms with Crippen LogP contribution in [-0.2, 0) is 4.79 Å². The molecule has 0 saturated heterocycles. The first-order valence-corrected chi connectivity index (χ1v) is 5.18. The van der Waals surface area contributed by atoms with Crippen LogP contribution in [-0.4, -0.2) is 31.7 Å². The van der Waals surface area contributed by atoms with Gasteiger partial charge in [0.25, 0.3) is 0 Å². The van der Waals surface area contributed by atoms with Crippen molar-refractivity contribution in [3.63, 3.8) is 0 Å². The molecule has 2 nitrogen and oxygen atoms in total. The van der Waals surface area contributed by atoms with Crippen LogP contribution in [0, 0.1) is 0 Å². The van der Waals surface area contributed by atoms with E-state index in [4.69, 9.17) is 7.85 Å². The number of rotatable bonds is 5. The molecule has 0 spiro atoms. The molecule has 0 unspecified atom stereocenters. The molecule has 13 heavy (non-hydrogen) atoms. The largest absolute Gasteiger partial charge is 0.343 e. The van der Waals surface area contributed by atoms with Gasteiger partial charge in [0.1, 0.15) is 0 Å². The van der Waals surface area contributed by atoms with Crippen molar-refractivity contribution >= 4 is 13.8 Å². The van der Waals surface area contributed by atoms with Crippen molar-refractivity contribution in [2.45, 2.75) is 46.9 Å². The molecule has 0 atom stereocenters. The molecule has 0 aliphatic rings. The molecule has 0 heterocycles. The van der Waals surface area contributed by atoms with E-state index in [9.17, 15) is 4.79 Å². The zero-order valence-corrected chi connectivity index (χ0v) is 9.47. The van der Waals surface area contributed by atoms with Gasteiger partial charge in [-0.05, 0) is 12.8 Å². The number of hydrogen-bond donors (Lipinski definition) is 0. The van der Waals surface area contributed by atoms with Crippen LogP contribution in [0.1, 0.15) is 40.5 Å². The van der Waals surface area contributed by atoms with Crippen molar-refractivity contribution in [1.82, 2.24) is 4.90 Å². The number of carbonyl (C=O) groups excluding carboxylic acids is 1. The van der Waals surface area contributed by atoms with Gasteiger partial charge in [-0.25, -0.2) is 0 Å². The third kappa shape index (κ3) is 9.45. The number of amides is 1. The minimum atomic E-state index is 0.153. The molecule has 0 aromatic carbocycles. The summed E-state index contributed by atoms with van der Waals surface area (Å²) in [6, 6.07) is 0. The minimum absolute atomic E-state index is 0.153. The fourth-order valence-electron chi connectivity index (χ4n) is 0.979. The Morgan fingerprint density at radius 2 is 1.85 bits per heavy atom. The van der Waals surface area contributed by atoms with Gasteiger partial charge in [-0.2, -0.15) is 0 Å². The maximum Gasteiger partial charge on any atom is 0.219 e. The smallest absolute Gasteiger partial charge is 0.219 e. The average molecular weight is 183 g/mol. The van der Waals surface area contributed by atoms with Crippen molar-refractivity contribution in [1.29, 1.82) is 0 Å². The van der Waals surface area contributed by atoms with Crippen molar-refractivity contribution in [2.24, 2.45) is 0 Å². The summed E-state index contributed by atoms with van der Waals surface area (Å²) >= 11 is 0. The fraction of sp³-hybridized carbons (Fsp3) is 0.900. The summed E-state index contributed by atoms with van der Waals surface area (Å²) < 4.78 is 0. The van der Waals surface area contributed by atoms with Crippen LogP contribution in [0.5, 0.6) is 0 Å². The highest BCUT2D eigenvalue weighted by Crippen LogP contribution is 1.96. The molecule has 0 saturated carbocycles. The molecule has 0 aromatic heterocycles. The molecule has 0 aliphatic carbocycles. The Bertz CT molecular complexity index is 117. The lowest BCUT2D eigenvalue weighted by Gasteiger charge is -2.19. The Kier molecular flexibility index (Phi) is 13.3. The van der Waals surface area contributed by atoms with E-state index >= 15 is 0 Å². The van der Waals surface area contributed by atoms with Gasteiger partial charge in [0.05, 0.1) is 7.85 Å². The molecule has 0 bridgehead atoms. The first-order valence-electron chi connectivity index (χ1n) is 5.18. The summed E-state index contributed by atoms with van der Waals surface area (Å²) in [7, 11) is 5.34. The highest BCUT2D eigenvalue weighted by atomic mass is 16.2. The molecule has 0 fully saturated rings. The Balaban J connectivity index is 0. The third-order valence-electron chi connectivity index (χ3n) is 1.57. The molecule has 0 rings (SSSR count). The van der Waals surface area contributed by atoms with Crippen LogP contribution in [0.2, 0.25) is 6.32 Å². The van der Waals surface area contributed by atoms with Crippen LogP contribution in [0.3, 0.4) is 0 Å². The van der Waals surface area contributed by atoms with Gasteiger partial charge in [0.15, 0.2) is 0 Å². The van der Waals surface area contributed by atoms with Crippen LogP contribution < -0.4 is 0 Å². The monoisotopic (exact) mass is 183 g/mol.